The summed E-state index contributed by atoms with van der Waals surface area (Å²) >= 11 is 3.36. The van der Waals surface area contributed by atoms with Crippen LogP contribution in [0.5, 0.6) is 0 Å². The lowest BCUT2D eigenvalue weighted by molar-refractivity contribution is -0.131. The van der Waals surface area contributed by atoms with Crippen molar-refractivity contribution in [2.75, 3.05) is 13.1 Å². The van der Waals surface area contributed by atoms with Crippen LogP contribution in [0.15, 0.2) is 29.1 Å². The number of amides is 1. The fraction of sp³-hybridized carbons (Fsp3) is 0.429. The lowest BCUT2D eigenvalue weighted by Gasteiger charge is -2.31. The van der Waals surface area contributed by atoms with Gasteiger partial charge in [0.2, 0.25) is 5.91 Å². The maximum absolute atomic E-state index is 12.3. The van der Waals surface area contributed by atoms with Crippen molar-refractivity contribution in [3.63, 3.8) is 0 Å². The van der Waals surface area contributed by atoms with Gasteiger partial charge in [-0.1, -0.05) is 6.07 Å². The first-order valence-corrected chi connectivity index (χ1v) is 8.28. The SMILES string of the molecule is O=C(Cc1cccs1)N1CCCC(c2nccs2)C1. The number of hydrogen-bond donors (Lipinski definition) is 0. The smallest absolute Gasteiger partial charge is 0.227 e. The summed E-state index contributed by atoms with van der Waals surface area (Å²) in [5.74, 6) is 0.685. The minimum absolute atomic E-state index is 0.253. The van der Waals surface area contributed by atoms with E-state index in [2.05, 4.69) is 4.98 Å². The number of piperidine rings is 1. The first kappa shape index (κ1) is 12.8. The molecule has 0 spiro atoms. The largest absolute Gasteiger partial charge is 0.342 e. The summed E-state index contributed by atoms with van der Waals surface area (Å²) in [6, 6.07) is 4.03. The van der Waals surface area contributed by atoms with Crippen molar-refractivity contribution in [3.8, 4) is 0 Å². The van der Waals surface area contributed by atoms with Gasteiger partial charge in [-0.05, 0) is 24.3 Å². The van der Waals surface area contributed by atoms with E-state index in [9.17, 15) is 4.79 Å². The minimum Gasteiger partial charge on any atom is -0.342 e. The minimum atomic E-state index is 0.253. The van der Waals surface area contributed by atoms with E-state index in [-0.39, 0.29) is 5.91 Å². The predicted molar refractivity (Wildman–Crippen MR) is 78.7 cm³/mol. The van der Waals surface area contributed by atoms with Gasteiger partial charge in [-0.2, -0.15) is 0 Å². The van der Waals surface area contributed by atoms with Crippen LogP contribution in [-0.4, -0.2) is 28.9 Å². The highest BCUT2D eigenvalue weighted by molar-refractivity contribution is 7.10. The zero-order valence-electron chi connectivity index (χ0n) is 10.6. The molecule has 3 rings (SSSR count). The molecule has 0 radical (unpaired) electrons. The third-order valence-electron chi connectivity index (χ3n) is 3.48. The second-order valence-electron chi connectivity index (χ2n) is 4.81. The Morgan fingerprint density at radius 2 is 2.37 bits per heavy atom. The topological polar surface area (TPSA) is 33.2 Å². The van der Waals surface area contributed by atoms with Gasteiger partial charge in [-0.15, -0.1) is 22.7 Å². The monoisotopic (exact) mass is 292 g/mol. The maximum Gasteiger partial charge on any atom is 0.227 e. The van der Waals surface area contributed by atoms with E-state index in [0.29, 0.717) is 12.3 Å². The third kappa shape index (κ3) is 3.04. The molecule has 1 amide bonds. The Morgan fingerprint density at radius 3 is 3.11 bits per heavy atom. The molecule has 1 unspecified atom stereocenters. The van der Waals surface area contributed by atoms with Gasteiger partial charge in [0.1, 0.15) is 0 Å². The second kappa shape index (κ2) is 5.84. The number of thiophene rings is 1. The fourth-order valence-corrected chi connectivity index (χ4v) is 3.98. The molecule has 2 aromatic rings. The molecule has 5 heteroatoms. The molecule has 3 heterocycles. The number of carbonyl (C=O) groups is 1. The van der Waals surface area contributed by atoms with Gasteiger partial charge < -0.3 is 4.90 Å². The van der Waals surface area contributed by atoms with Crippen LogP contribution in [-0.2, 0) is 11.2 Å². The zero-order valence-corrected chi connectivity index (χ0v) is 12.3. The van der Waals surface area contributed by atoms with Crippen molar-refractivity contribution in [2.24, 2.45) is 0 Å². The van der Waals surface area contributed by atoms with Gasteiger partial charge in [0, 0.05) is 35.5 Å². The van der Waals surface area contributed by atoms with E-state index in [0.717, 1.165) is 30.8 Å². The number of rotatable bonds is 3. The molecule has 19 heavy (non-hydrogen) atoms. The van der Waals surface area contributed by atoms with Crippen molar-refractivity contribution in [2.45, 2.75) is 25.2 Å². The molecule has 100 valence electrons. The second-order valence-corrected chi connectivity index (χ2v) is 6.76. The van der Waals surface area contributed by atoms with Crippen LogP contribution in [0.2, 0.25) is 0 Å². The number of carbonyl (C=O) groups excluding carboxylic acids is 1. The highest BCUT2D eigenvalue weighted by Gasteiger charge is 2.26. The Morgan fingerprint density at radius 1 is 1.42 bits per heavy atom. The Hall–Kier alpha value is -1.20. The maximum atomic E-state index is 12.3. The highest BCUT2D eigenvalue weighted by Crippen LogP contribution is 2.28. The standard InChI is InChI=1S/C14H16N2OS2/c17-13(9-12-4-2-7-18-12)16-6-1-3-11(10-16)14-15-5-8-19-14/h2,4-5,7-8,11H,1,3,6,9-10H2. The lowest BCUT2D eigenvalue weighted by atomic mass is 9.98. The summed E-state index contributed by atoms with van der Waals surface area (Å²) in [5, 5.41) is 5.22. The van der Waals surface area contributed by atoms with Gasteiger partial charge in [0.25, 0.3) is 0 Å². The van der Waals surface area contributed by atoms with Crippen LogP contribution in [0, 0.1) is 0 Å². The third-order valence-corrected chi connectivity index (χ3v) is 5.29. The summed E-state index contributed by atoms with van der Waals surface area (Å²) < 4.78 is 0. The van der Waals surface area contributed by atoms with Crippen LogP contribution < -0.4 is 0 Å². The molecule has 0 saturated carbocycles. The molecule has 1 saturated heterocycles. The van der Waals surface area contributed by atoms with E-state index < -0.39 is 0 Å². The van der Waals surface area contributed by atoms with Crippen LogP contribution in [0.25, 0.3) is 0 Å². The molecule has 3 nitrogen and oxygen atoms in total. The Balaban J connectivity index is 1.63. The van der Waals surface area contributed by atoms with Gasteiger partial charge in [-0.3, -0.25) is 4.79 Å². The molecular formula is C14H16N2OS2. The lowest BCUT2D eigenvalue weighted by Crippen LogP contribution is -2.39. The molecule has 0 aromatic carbocycles. The highest BCUT2D eigenvalue weighted by atomic mass is 32.1. The van der Waals surface area contributed by atoms with E-state index in [4.69, 9.17) is 0 Å². The van der Waals surface area contributed by atoms with E-state index >= 15 is 0 Å². The number of hydrogen-bond acceptors (Lipinski definition) is 4. The molecule has 0 aliphatic carbocycles. The summed E-state index contributed by atoms with van der Waals surface area (Å²) in [7, 11) is 0. The fourth-order valence-electron chi connectivity index (χ4n) is 2.52. The predicted octanol–water partition coefficient (Wildman–Crippen LogP) is 3.15. The molecule has 1 fully saturated rings. The van der Waals surface area contributed by atoms with Crippen LogP contribution >= 0.6 is 22.7 Å². The van der Waals surface area contributed by atoms with Crippen molar-refractivity contribution in [3.05, 3.63) is 39.0 Å². The average Bonchev–Trinajstić information content (AvgIpc) is 3.12. The molecule has 1 aliphatic rings. The van der Waals surface area contributed by atoms with Crippen LogP contribution in [0.4, 0.5) is 0 Å². The number of likely N-dealkylation sites (tertiary alicyclic amines) is 1. The number of nitrogens with zero attached hydrogens (tertiary/aromatic N) is 2. The molecule has 1 atom stereocenters. The molecule has 1 aliphatic heterocycles. The normalized spacial score (nSPS) is 19.6. The van der Waals surface area contributed by atoms with E-state index in [1.165, 1.54) is 5.01 Å². The van der Waals surface area contributed by atoms with Gasteiger partial charge >= 0.3 is 0 Å². The number of thiazole rings is 1. The first-order chi connectivity index (χ1) is 9.33. The van der Waals surface area contributed by atoms with Crippen molar-refractivity contribution in [1.29, 1.82) is 0 Å². The molecule has 2 aromatic heterocycles. The van der Waals surface area contributed by atoms with Crippen molar-refractivity contribution < 1.29 is 4.79 Å². The van der Waals surface area contributed by atoms with Crippen molar-refractivity contribution >= 4 is 28.6 Å². The van der Waals surface area contributed by atoms with Gasteiger partial charge in [-0.25, -0.2) is 4.98 Å². The van der Waals surface area contributed by atoms with Gasteiger partial charge in [0.05, 0.1) is 11.4 Å². The van der Waals surface area contributed by atoms with Gasteiger partial charge in [0.15, 0.2) is 0 Å². The first-order valence-electron chi connectivity index (χ1n) is 6.52. The Labute approximate surface area is 120 Å². The Kier molecular flexibility index (Phi) is 3.94. The Bertz CT molecular complexity index is 522. The molecule has 0 N–H and O–H groups in total. The summed E-state index contributed by atoms with van der Waals surface area (Å²) in [5.41, 5.74) is 0. The summed E-state index contributed by atoms with van der Waals surface area (Å²) in [6.45, 7) is 1.73. The van der Waals surface area contributed by atoms with Crippen LogP contribution in [0.1, 0.15) is 28.6 Å². The zero-order chi connectivity index (χ0) is 13.1. The number of aromatic nitrogens is 1. The molecule has 0 bridgehead atoms. The van der Waals surface area contributed by atoms with Crippen molar-refractivity contribution in [1.82, 2.24) is 9.88 Å². The van der Waals surface area contributed by atoms with E-state index in [1.54, 1.807) is 22.7 Å². The molecular weight excluding hydrogens is 276 g/mol. The quantitative estimate of drug-likeness (QED) is 0.870. The summed E-state index contributed by atoms with van der Waals surface area (Å²) in [6.07, 6.45) is 4.63. The van der Waals surface area contributed by atoms with Crippen LogP contribution in [0.3, 0.4) is 0 Å². The summed E-state index contributed by atoms with van der Waals surface area (Å²) in [4.78, 5) is 19.9. The average molecular weight is 292 g/mol. The van der Waals surface area contributed by atoms with E-state index in [1.807, 2.05) is 34.0 Å².